The van der Waals surface area contributed by atoms with Crippen LogP contribution in [0, 0.1) is 5.41 Å². The number of hydrogen-bond acceptors (Lipinski definition) is 4. The first kappa shape index (κ1) is 16.6. The number of nitrogens with one attached hydrogen (secondary N) is 1. The van der Waals surface area contributed by atoms with Crippen molar-refractivity contribution in [1.29, 1.82) is 0 Å². The van der Waals surface area contributed by atoms with Crippen LogP contribution in [0.5, 0.6) is 11.5 Å². The molecule has 0 saturated heterocycles. The van der Waals surface area contributed by atoms with E-state index in [1.54, 1.807) is 10.8 Å². The number of nitrogens with zero attached hydrogens (tertiary/aromatic N) is 2. The Morgan fingerprint density at radius 2 is 1.83 bits per heavy atom. The molecule has 0 bridgehead atoms. The second-order valence-electron chi connectivity index (χ2n) is 8.57. The summed E-state index contributed by atoms with van der Waals surface area (Å²) in [5.41, 5.74) is 1.65. The van der Waals surface area contributed by atoms with Crippen LogP contribution in [0.2, 0.25) is 0 Å². The van der Waals surface area contributed by atoms with Gasteiger partial charge in [-0.2, -0.15) is 4.98 Å². The van der Waals surface area contributed by atoms with Crippen molar-refractivity contribution in [2.45, 2.75) is 53.5 Å². The molecule has 0 aliphatic carbocycles. The number of benzene rings is 1. The molecule has 1 aromatic heterocycles. The highest BCUT2D eigenvalue weighted by Gasteiger charge is 2.24. The Balaban J connectivity index is 1.97. The third-order valence-electron chi connectivity index (χ3n) is 3.87. The van der Waals surface area contributed by atoms with Crippen LogP contribution in [0.15, 0.2) is 29.2 Å². The van der Waals surface area contributed by atoms with Crippen molar-refractivity contribution in [3.05, 3.63) is 40.4 Å². The van der Waals surface area contributed by atoms with Gasteiger partial charge in [-0.15, -0.1) is 0 Å². The minimum atomic E-state index is -0.348. The van der Waals surface area contributed by atoms with Gasteiger partial charge in [0.15, 0.2) is 17.3 Å². The summed E-state index contributed by atoms with van der Waals surface area (Å²) in [6, 6.07) is 6.13. The van der Waals surface area contributed by atoms with Gasteiger partial charge in [0.25, 0.3) is 0 Å². The van der Waals surface area contributed by atoms with Crippen molar-refractivity contribution in [1.82, 2.24) is 9.55 Å². The fourth-order valence-electron chi connectivity index (χ4n) is 2.82. The fourth-order valence-corrected chi connectivity index (χ4v) is 2.82. The standard InChI is InChI=1S/C19H25N3O2/c1-18(2,3)10-12-7-8-14-13(9-12)20-16-15(24-14)11-22(17(23)21-16)19(4,5)6/h7-9,11H,10H2,1-6H3,(H,20,21,23). The molecule has 1 aliphatic heterocycles. The highest BCUT2D eigenvalue weighted by molar-refractivity contribution is 5.72. The van der Waals surface area contributed by atoms with E-state index in [9.17, 15) is 4.79 Å². The smallest absolute Gasteiger partial charge is 0.350 e. The average molecular weight is 327 g/mol. The quantitative estimate of drug-likeness (QED) is 0.718. The normalized spacial score (nSPS) is 13.6. The molecule has 0 spiro atoms. The van der Waals surface area contributed by atoms with Gasteiger partial charge in [0.2, 0.25) is 0 Å². The molecule has 2 heterocycles. The Kier molecular flexibility index (Phi) is 3.70. The number of ether oxygens (including phenoxy) is 1. The molecule has 5 nitrogen and oxygen atoms in total. The molecule has 2 aromatic rings. The molecule has 0 fully saturated rings. The maximum atomic E-state index is 12.3. The van der Waals surface area contributed by atoms with E-state index in [2.05, 4.69) is 43.2 Å². The van der Waals surface area contributed by atoms with E-state index in [0.717, 1.165) is 17.9 Å². The lowest BCUT2D eigenvalue weighted by molar-refractivity contribution is 0.365. The molecular weight excluding hydrogens is 302 g/mol. The lowest BCUT2D eigenvalue weighted by Gasteiger charge is -2.26. The fraction of sp³-hybridized carbons (Fsp3) is 0.474. The molecule has 3 rings (SSSR count). The summed E-state index contributed by atoms with van der Waals surface area (Å²) in [7, 11) is 0. The number of rotatable bonds is 1. The third-order valence-corrected chi connectivity index (χ3v) is 3.87. The van der Waals surface area contributed by atoms with Crippen molar-refractivity contribution >= 4 is 11.5 Å². The van der Waals surface area contributed by atoms with Gasteiger partial charge in [-0.3, -0.25) is 4.57 Å². The van der Waals surface area contributed by atoms with E-state index in [4.69, 9.17) is 4.74 Å². The molecule has 0 saturated carbocycles. The van der Waals surface area contributed by atoms with Crippen molar-refractivity contribution in [2.75, 3.05) is 5.32 Å². The van der Waals surface area contributed by atoms with Crippen LogP contribution in [0.3, 0.4) is 0 Å². The monoisotopic (exact) mass is 327 g/mol. The second kappa shape index (κ2) is 5.36. The van der Waals surface area contributed by atoms with Crippen LogP contribution in [0.25, 0.3) is 0 Å². The van der Waals surface area contributed by atoms with Crippen molar-refractivity contribution in [3.8, 4) is 11.5 Å². The lowest BCUT2D eigenvalue weighted by Crippen LogP contribution is -2.35. The molecule has 0 atom stereocenters. The molecule has 128 valence electrons. The predicted molar refractivity (Wildman–Crippen MR) is 96.5 cm³/mol. The topological polar surface area (TPSA) is 56.2 Å². The number of anilines is 2. The number of hydrogen-bond donors (Lipinski definition) is 1. The Labute approximate surface area is 142 Å². The van der Waals surface area contributed by atoms with Crippen LogP contribution < -0.4 is 15.7 Å². The van der Waals surface area contributed by atoms with Gasteiger partial charge in [0, 0.05) is 5.54 Å². The highest BCUT2D eigenvalue weighted by Crippen LogP contribution is 2.41. The van der Waals surface area contributed by atoms with Crippen LogP contribution in [0.1, 0.15) is 47.1 Å². The van der Waals surface area contributed by atoms with Crippen LogP contribution in [0.4, 0.5) is 11.5 Å². The maximum absolute atomic E-state index is 12.3. The molecule has 0 radical (unpaired) electrons. The van der Waals surface area contributed by atoms with Gasteiger partial charge >= 0.3 is 5.69 Å². The average Bonchev–Trinajstić information content (AvgIpc) is 2.41. The lowest BCUT2D eigenvalue weighted by atomic mass is 9.88. The van der Waals surface area contributed by atoms with Crippen molar-refractivity contribution in [3.63, 3.8) is 0 Å². The Morgan fingerprint density at radius 3 is 2.46 bits per heavy atom. The minimum absolute atomic E-state index is 0.209. The molecule has 24 heavy (non-hydrogen) atoms. The van der Waals surface area contributed by atoms with Crippen LogP contribution in [-0.2, 0) is 12.0 Å². The van der Waals surface area contributed by atoms with Crippen molar-refractivity contribution < 1.29 is 4.74 Å². The summed E-state index contributed by atoms with van der Waals surface area (Å²) < 4.78 is 7.56. The molecular formula is C19H25N3O2. The molecule has 5 heteroatoms. The van der Waals surface area contributed by atoms with Gasteiger partial charge < -0.3 is 10.1 Å². The summed E-state index contributed by atoms with van der Waals surface area (Å²) in [6.07, 6.45) is 2.69. The maximum Gasteiger partial charge on any atom is 0.350 e. The van der Waals surface area contributed by atoms with Gasteiger partial charge in [0.1, 0.15) is 0 Å². The molecule has 0 amide bonds. The first-order valence-corrected chi connectivity index (χ1v) is 8.25. The Morgan fingerprint density at radius 1 is 1.12 bits per heavy atom. The molecule has 0 unspecified atom stereocenters. The van der Waals surface area contributed by atoms with Gasteiger partial charge in [-0.05, 0) is 50.3 Å². The van der Waals surface area contributed by atoms with Crippen LogP contribution >= 0.6 is 0 Å². The molecule has 1 aromatic carbocycles. The van der Waals surface area contributed by atoms with Gasteiger partial charge in [0.05, 0.1) is 11.9 Å². The third kappa shape index (κ3) is 3.30. The summed E-state index contributed by atoms with van der Waals surface area (Å²) in [4.78, 5) is 16.4. The van der Waals surface area contributed by atoms with E-state index < -0.39 is 0 Å². The first-order valence-electron chi connectivity index (χ1n) is 8.25. The number of fused-ring (bicyclic) bond motifs is 2. The number of aromatic nitrogens is 2. The zero-order valence-corrected chi connectivity index (χ0v) is 15.2. The van der Waals surface area contributed by atoms with E-state index >= 15 is 0 Å². The summed E-state index contributed by atoms with van der Waals surface area (Å²) >= 11 is 0. The zero-order chi connectivity index (χ0) is 17.7. The van der Waals surface area contributed by atoms with E-state index in [0.29, 0.717) is 11.6 Å². The van der Waals surface area contributed by atoms with E-state index in [-0.39, 0.29) is 16.6 Å². The summed E-state index contributed by atoms with van der Waals surface area (Å²) in [5.74, 6) is 1.79. The molecule has 1 aliphatic rings. The summed E-state index contributed by atoms with van der Waals surface area (Å²) in [6.45, 7) is 12.5. The summed E-state index contributed by atoms with van der Waals surface area (Å²) in [5, 5.41) is 3.24. The second-order valence-corrected chi connectivity index (χ2v) is 8.57. The van der Waals surface area contributed by atoms with E-state index in [1.807, 2.05) is 26.8 Å². The SMILES string of the molecule is CC(C)(C)Cc1ccc2c(c1)Nc1nc(=O)n(C(C)(C)C)cc1O2. The predicted octanol–water partition coefficient (Wildman–Crippen LogP) is 4.44. The Bertz CT molecular complexity index is 839. The Hall–Kier alpha value is -2.30. The van der Waals surface area contributed by atoms with Crippen molar-refractivity contribution in [2.24, 2.45) is 5.41 Å². The van der Waals surface area contributed by atoms with Crippen LogP contribution in [-0.4, -0.2) is 9.55 Å². The van der Waals surface area contributed by atoms with Gasteiger partial charge in [-0.25, -0.2) is 4.79 Å². The zero-order valence-electron chi connectivity index (χ0n) is 15.2. The largest absolute Gasteiger partial charge is 0.450 e. The minimum Gasteiger partial charge on any atom is -0.450 e. The van der Waals surface area contributed by atoms with Gasteiger partial charge in [-0.1, -0.05) is 26.8 Å². The highest BCUT2D eigenvalue weighted by atomic mass is 16.5. The molecule has 1 N–H and O–H groups in total. The van der Waals surface area contributed by atoms with E-state index in [1.165, 1.54) is 5.56 Å². The first-order chi connectivity index (χ1) is 11.0.